The Morgan fingerprint density at radius 3 is 2.50 bits per heavy atom. The number of hydrogen-bond donors (Lipinski definition) is 3. The maximum absolute atomic E-state index is 10.6. The van der Waals surface area contributed by atoms with Gasteiger partial charge in [-0.25, -0.2) is 4.79 Å². The van der Waals surface area contributed by atoms with Crippen LogP contribution in [0.3, 0.4) is 0 Å². The zero-order valence-corrected chi connectivity index (χ0v) is 10.2. The summed E-state index contributed by atoms with van der Waals surface area (Å²) in [5, 5.41) is 17.2. The van der Waals surface area contributed by atoms with Gasteiger partial charge in [0.2, 0.25) is 5.88 Å². The Bertz CT molecular complexity index is 672. The van der Waals surface area contributed by atoms with E-state index < -0.39 is 6.09 Å². The number of nitrogen functional groups attached to an aromatic ring is 1. The number of primary amides is 1. The predicted molar refractivity (Wildman–Crippen MR) is 71.1 cm³/mol. The summed E-state index contributed by atoms with van der Waals surface area (Å²) >= 11 is 0. The highest BCUT2D eigenvalue weighted by atomic mass is 16.6. The van der Waals surface area contributed by atoms with Crippen LogP contribution in [-0.2, 0) is 0 Å². The molecule has 1 heterocycles. The predicted octanol–water partition coefficient (Wildman–Crippen LogP) is 2.24. The molecule has 0 aliphatic carbocycles. The van der Waals surface area contributed by atoms with E-state index in [0.717, 1.165) is 0 Å². The Labute approximate surface area is 113 Å². The van der Waals surface area contributed by atoms with Gasteiger partial charge >= 0.3 is 6.09 Å². The van der Waals surface area contributed by atoms with Crippen LogP contribution in [0.2, 0.25) is 0 Å². The molecule has 0 aliphatic heterocycles. The number of azo groups is 1. The molecule has 0 radical (unpaired) electrons. The minimum Gasteiger partial charge on any atom is -0.506 e. The summed E-state index contributed by atoms with van der Waals surface area (Å²) in [6.45, 7) is 0. The first-order valence-electron chi connectivity index (χ1n) is 5.50. The number of carbonyl (C=O) groups excluding carboxylic acids is 1. The second-order valence-electron chi connectivity index (χ2n) is 3.66. The summed E-state index contributed by atoms with van der Waals surface area (Å²) in [5.41, 5.74) is 11.1. The molecule has 1 aromatic heterocycles. The molecule has 0 fully saturated rings. The highest BCUT2D eigenvalue weighted by Crippen LogP contribution is 2.29. The number of aromatic nitrogens is 1. The van der Waals surface area contributed by atoms with Crippen LogP contribution in [0.5, 0.6) is 11.6 Å². The van der Waals surface area contributed by atoms with Gasteiger partial charge in [0.05, 0.1) is 0 Å². The number of phenols is 1. The van der Waals surface area contributed by atoms with Gasteiger partial charge in [-0.3, -0.25) is 0 Å². The van der Waals surface area contributed by atoms with Crippen molar-refractivity contribution in [3.05, 3.63) is 36.4 Å². The maximum Gasteiger partial charge on any atom is 0.411 e. The number of ether oxygens (including phenoxy) is 1. The monoisotopic (exact) mass is 273 g/mol. The lowest BCUT2D eigenvalue weighted by Gasteiger charge is -2.02. The third-order valence-electron chi connectivity index (χ3n) is 2.23. The number of para-hydroxylation sites is 1. The molecule has 8 heteroatoms. The molecule has 0 saturated carbocycles. The zero-order chi connectivity index (χ0) is 14.5. The highest BCUT2D eigenvalue weighted by Gasteiger charge is 2.05. The smallest absolute Gasteiger partial charge is 0.411 e. The minimum atomic E-state index is -0.986. The van der Waals surface area contributed by atoms with Crippen LogP contribution in [0.25, 0.3) is 0 Å². The number of carbonyl (C=O) groups is 1. The Kier molecular flexibility index (Phi) is 3.75. The van der Waals surface area contributed by atoms with E-state index in [1.54, 1.807) is 18.2 Å². The summed E-state index contributed by atoms with van der Waals surface area (Å²) in [6, 6.07) is 9.29. The number of nitrogens with zero attached hydrogens (tertiary/aromatic N) is 3. The van der Waals surface area contributed by atoms with Crippen LogP contribution >= 0.6 is 0 Å². The van der Waals surface area contributed by atoms with Gasteiger partial charge < -0.3 is 21.3 Å². The molecule has 5 N–H and O–H groups in total. The van der Waals surface area contributed by atoms with Gasteiger partial charge in [0.15, 0.2) is 5.82 Å². The fraction of sp³-hybridized carbons (Fsp3) is 0. The average molecular weight is 273 g/mol. The van der Waals surface area contributed by atoms with Gasteiger partial charge in [0.1, 0.15) is 17.1 Å². The maximum atomic E-state index is 10.6. The largest absolute Gasteiger partial charge is 0.506 e. The molecule has 2 rings (SSSR count). The normalized spacial score (nSPS) is 10.6. The molecule has 1 amide bonds. The molecule has 2 aromatic rings. The standard InChI is InChI=1S/C12H11N5O3/c13-11-8(5-6-10(15-11)20-12(14)19)17-16-7-3-1-2-4-9(7)18/h1-6,18H,(H2,13,15)(H2,14,19). The second-order valence-corrected chi connectivity index (χ2v) is 3.66. The first-order chi connectivity index (χ1) is 9.56. The molecular weight excluding hydrogens is 262 g/mol. The van der Waals surface area contributed by atoms with Crippen LogP contribution in [-0.4, -0.2) is 16.2 Å². The number of anilines is 1. The third-order valence-corrected chi connectivity index (χ3v) is 2.23. The van der Waals surface area contributed by atoms with Crippen LogP contribution in [0.15, 0.2) is 46.6 Å². The number of amides is 1. The molecule has 0 atom stereocenters. The zero-order valence-electron chi connectivity index (χ0n) is 10.2. The van der Waals surface area contributed by atoms with Crippen molar-refractivity contribution in [3.63, 3.8) is 0 Å². The molecule has 102 valence electrons. The number of phenolic OH excluding ortho intramolecular Hbond substituents is 1. The first-order valence-corrected chi connectivity index (χ1v) is 5.50. The quantitative estimate of drug-likeness (QED) is 0.736. The van der Waals surface area contributed by atoms with Crippen LogP contribution in [0.1, 0.15) is 0 Å². The van der Waals surface area contributed by atoms with Crippen molar-refractivity contribution in [2.24, 2.45) is 16.0 Å². The van der Waals surface area contributed by atoms with Crippen molar-refractivity contribution >= 4 is 23.3 Å². The lowest BCUT2D eigenvalue weighted by molar-refractivity contribution is 0.209. The van der Waals surface area contributed by atoms with Gasteiger partial charge in [-0.15, -0.1) is 10.2 Å². The van der Waals surface area contributed by atoms with Crippen LogP contribution < -0.4 is 16.2 Å². The summed E-state index contributed by atoms with van der Waals surface area (Å²) in [7, 11) is 0. The van der Waals surface area contributed by atoms with Crippen molar-refractivity contribution in [1.82, 2.24) is 4.98 Å². The molecule has 20 heavy (non-hydrogen) atoms. The topological polar surface area (TPSA) is 136 Å². The Hall–Kier alpha value is -3.16. The van der Waals surface area contributed by atoms with Gasteiger partial charge in [0, 0.05) is 6.07 Å². The van der Waals surface area contributed by atoms with Gasteiger partial charge in [-0.1, -0.05) is 12.1 Å². The summed E-state index contributed by atoms with van der Waals surface area (Å²) < 4.78 is 4.57. The summed E-state index contributed by atoms with van der Waals surface area (Å²) in [4.78, 5) is 14.3. The molecule has 0 spiro atoms. The van der Waals surface area contributed by atoms with Gasteiger partial charge in [-0.2, -0.15) is 4.98 Å². The number of aromatic hydroxyl groups is 1. The summed E-state index contributed by atoms with van der Waals surface area (Å²) in [5.74, 6) is -0.0177. The van der Waals surface area contributed by atoms with Crippen molar-refractivity contribution in [2.45, 2.75) is 0 Å². The van der Waals surface area contributed by atoms with E-state index in [0.29, 0.717) is 5.69 Å². The van der Waals surface area contributed by atoms with Crippen molar-refractivity contribution in [1.29, 1.82) is 0 Å². The lowest BCUT2D eigenvalue weighted by atomic mass is 10.3. The molecule has 8 nitrogen and oxygen atoms in total. The van der Waals surface area contributed by atoms with E-state index >= 15 is 0 Å². The molecule has 0 unspecified atom stereocenters. The van der Waals surface area contributed by atoms with E-state index in [1.807, 2.05) is 0 Å². The first kappa shape index (κ1) is 13.3. The summed E-state index contributed by atoms with van der Waals surface area (Å²) in [6.07, 6.45) is -0.986. The Balaban J connectivity index is 2.22. The number of nitrogens with two attached hydrogens (primary N) is 2. The minimum absolute atomic E-state index is 0.00328. The lowest BCUT2D eigenvalue weighted by Crippen LogP contribution is -2.17. The van der Waals surface area contributed by atoms with Gasteiger partial charge in [-0.05, 0) is 18.2 Å². The molecule has 0 bridgehead atoms. The van der Waals surface area contributed by atoms with Crippen molar-refractivity contribution < 1.29 is 14.6 Å². The second kappa shape index (κ2) is 5.65. The van der Waals surface area contributed by atoms with E-state index in [1.165, 1.54) is 18.2 Å². The molecule has 1 aromatic carbocycles. The fourth-order valence-corrected chi connectivity index (χ4v) is 1.35. The van der Waals surface area contributed by atoms with Crippen molar-refractivity contribution in [3.8, 4) is 11.6 Å². The van der Waals surface area contributed by atoms with Crippen LogP contribution in [0, 0.1) is 0 Å². The SMILES string of the molecule is NC(=O)Oc1ccc(N=Nc2ccccc2O)c(N)n1. The number of benzene rings is 1. The van der Waals surface area contributed by atoms with Crippen molar-refractivity contribution in [2.75, 3.05) is 5.73 Å². The number of hydrogen-bond acceptors (Lipinski definition) is 7. The van der Waals surface area contributed by atoms with E-state index in [-0.39, 0.29) is 23.1 Å². The molecule has 0 saturated heterocycles. The fourth-order valence-electron chi connectivity index (χ4n) is 1.35. The van der Waals surface area contributed by atoms with E-state index in [9.17, 15) is 9.90 Å². The van der Waals surface area contributed by atoms with Gasteiger partial charge in [0.25, 0.3) is 0 Å². The van der Waals surface area contributed by atoms with E-state index in [4.69, 9.17) is 11.5 Å². The Morgan fingerprint density at radius 1 is 1.15 bits per heavy atom. The highest BCUT2D eigenvalue weighted by molar-refractivity contribution is 5.68. The average Bonchev–Trinajstić information content (AvgIpc) is 2.39. The van der Waals surface area contributed by atoms with Crippen LogP contribution in [0.4, 0.5) is 22.0 Å². The number of rotatable bonds is 3. The number of pyridine rings is 1. The molecular formula is C12H11N5O3. The molecule has 0 aliphatic rings. The Morgan fingerprint density at radius 2 is 1.85 bits per heavy atom. The third kappa shape index (κ3) is 3.19. The van der Waals surface area contributed by atoms with E-state index in [2.05, 4.69) is 19.9 Å².